The number of carbonyl (C=O) groups is 5. The normalized spacial score (nSPS) is 49.2. The number of aryl methyl sites for hydroxylation is 2. The highest BCUT2D eigenvalue weighted by Gasteiger charge is 2.74. The van der Waals surface area contributed by atoms with Crippen LogP contribution in [-0.4, -0.2) is 136 Å². The molecule has 114 heavy (non-hydrogen) atoms. The van der Waals surface area contributed by atoms with E-state index in [1.165, 1.54) is 39.1 Å². The molecule has 2 heterocycles. The lowest BCUT2D eigenvalue weighted by Crippen LogP contribution is -2.62. The van der Waals surface area contributed by atoms with Gasteiger partial charge in [-0.15, -0.1) is 0 Å². The molecule has 626 valence electrons. The molecule has 0 radical (unpaired) electrons. The van der Waals surface area contributed by atoms with E-state index < -0.39 is 68.5 Å². The molecule has 16 aliphatic carbocycles. The van der Waals surface area contributed by atoms with E-state index >= 15 is 0 Å². The van der Waals surface area contributed by atoms with Crippen LogP contribution in [0.2, 0.25) is 0 Å². The van der Waals surface area contributed by atoms with Gasteiger partial charge >= 0.3 is 0 Å². The molecule has 8 N–H and O–H groups in total. The Balaban J connectivity index is 0.000000120. The third-order valence-corrected chi connectivity index (χ3v) is 37.6. The van der Waals surface area contributed by atoms with Gasteiger partial charge in [-0.05, 0) is 269 Å². The summed E-state index contributed by atoms with van der Waals surface area (Å²) in [5.41, 5.74) is 3.67. The first-order chi connectivity index (χ1) is 53.3. The van der Waals surface area contributed by atoms with E-state index in [0.717, 1.165) is 88.3 Å². The first-order valence-electron chi connectivity index (χ1n) is 44.9. The molecule has 16 aliphatic rings. The zero-order valence-corrected chi connectivity index (χ0v) is 72.3. The van der Waals surface area contributed by atoms with Gasteiger partial charge in [-0.3, -0.25) is 33.3 Å². The van der Waals surface area contributed by atoms with Crippen LogP contribution >= 0.6 is 0 Å². The van der Waals surface area contributed by atoms with Crippen molar-refractivity contribution in [2.75, 3.05) is 0 Å². The minimum absolute atomic E-state index is 0.0136. The Morgan fingerprint density at radius 2 is 0.825 bits per heavy atom. The fourth-order valence-corrected chi connectivity index (χ4v) is 32.5. The predicted octanol–water partition coefficient (Wildman–Crippen LogP) is 14.7. The van der Waals surface area contributed by atoms with Crippen LogP contribution < -0.4 is 0 Å². The summed E-state index contributed by atoms with van der Waals surface area (Å²) in [6, 6.07) is 0. The second-order valence-electron chi connectivity index (χ2n) is 42.8. The molecule has 0 amide bonds. The van der Waals surface area contributed by atoms with Crippen molar-refractivity contribution in [3.05, 3.63) is 93.7 Å². The fourth-order valence-electron chi connectivity index (χ4n) is 32.5. The smallest absolute Gasteiger partial charge is 0.178 e. The summed E-state index contributed by atoms with van der Waals surface area (Å²) < 4.78 is 3.86. The second kappa shape index (κ2) is 28.3. The van der Waals surface area contributed by atoms with Crippen molar-refractivity contribution in [3.63, 3.8) is 0 Å². The Kier molecular flexibility index (Phi) is 20.8. The van der Waals surface area contributed by atoms with E-state index in [1.807, 2.05) is 70.4 Å². The van der Waals surface area contributed by atoms with Gasteiger partial charge in [0.25, 0.3) is 0 Å². The van der Waals surface area contributed by atoms with Crippen molar-refractivity contribution >= 4 is 41.1 Å². The van der Waals surface area contributed by atoms with Gasteiger partial charge in [0.1, 0.15) is 22.4 Å². The summed E-state index contributed by atoms with van der Waals surface area (Å²) in [7, 11) is 3.97. The maximum Gasteiger partial charge on any atom is 0.178 e. The monoisotopic (exact) mass is 1570 g/mol. The predicted molar refractivity (Wildman–Crippen MR) is 441 cm³/mol. The largest absolute Gasteiger partial charge is 0.393 e. The van der Waals surface area contributed by atoms with Crippen LogP contribution in [0.15, 0.2) is 71.1 Å². The molecule has 17 heteroatoms. The summed E-state index contributed by atoms with van der Waals surface area (Å²) in [5.74, 6) is 4.32. The SMILES string of the molecule is C=C1C=C2[C@@H](C)C[C@@H]3[C@H]([C@@H](O)C[C@@]4(C)[C@H]3CC[C@]4(O)C(=O)CC)[C@@]2(C)CC1.CCC(=O)[C@@]1(O)CC[C@H]2[C@@H]3C[C@H](C)C4=CC(=O)C=C[C@]4(C)[C@H]3[C@@H](O)C[C@@]21C.CCC(=O)[C@@]1(O)CC[C@H]2[C@@H]3C[C@H](C)C4=Cc5c(cnn5C)C[C@]4(C)[C@H]3[C@@H](O)C[C@@]21C.CCC(=O)[C@@]1(O)CC[C@H]2[C@@H]3C[C@H](C)C4=Cc5nn(C)cc5C[C@]4(C)[C@H]3[C@@H](O)C[C@@]21C. The Morgan fingerprint density at radius 1 is 0.474 bits per heavy atom. The van der Waals surface area contributed by atoms with E-state index in [-0.39, 0.29) is 104 Å². The van der Waals surface area contributed by atoms with Gasteiger partial charge in [-0.25, -0.2) is 0 Å². The standard InChI is InChI=1S/2C25H36N2O3.C24H36O3.C23H32O4/c1-6-21(29)25(30)8-7-17-16-9-14(2)18-10-19-15(13-27(5)26-19)11-23(18,3)22(16)20(28)12-24(17,25)4;1-6-21(29)25(30)8-7-17-16-9-14(2)18-10-19-15(13-26-27(19)5)11-23(18,3)22(16)20(28)12-24(17,25)4;1-6-20(26)24(27)10-8-17-16-12-15(3)18-11-14(2)7-9-22(18,4)21(16)19(25)13-23(17,24)5;1-5-19(26)23(27)9-7-16-15-10-13(2)17-11-14(24)6-8-21(17,3)20(15)18(25)12-22(16,23)4/h2*10,13-14,16-17,20,22,28,30H,6-9,11-12H2,1-5H3;11,15-17,19,21,25,27H,2,6-10,12-13H2,1,3-5H3;6,8,11,13,15-16,18,20,25,27H,5,7,9-10,12H2,1-4H3/t2*14-,16-,17-,20-,22+,23-,24-,25-;15-,16-,17-,19-,21+,22-,23-,24-;13-,15-,16-,18-,20+,21-,22-,23-/m0000/s1. The topological polar surface area (TPSA) is 283 Å². The summed E-state index contributed by atoms with van der Waals surface area (Å²) >= 11 is 0. The number of aliphatic hydroxyl groups is 8. The number of allylic oxidation sites excluding steroid dienone is 9. The quantitative estimate of drug-likeness (QED) is 0.122. The average molecular weight is 1570 g/mol. The maximum absolute atomic E-state index is 12.8. The van der Waals surface area contributed by atoms with Crippen LogP contribution in [0.4, 0.5) is 0 Å². The second-order valence-corrected chi connectivity index (χ2v) is 42.8. The number of Topliss-reactive ketones (excluding diaryl/α,β-unsaturated/α-hetero) is 4. The molecule has 2 aromatic rings. The van der Waals surface area contributed by atoms with Crippen LogP contribution in [0, 0.1) is 138 Å². The van der Waals surface area contributed by atoms with Gasteiger partial charge in [-0.1, -0.05) is 157 Å². The molecule has 0 spiro atoms. The van der Waals surface area contributed by atoms with Crippen molar-refractivity contribution in [1.82, 2.24) is 19.6 Å². The zero-order chi connectivity index (χ0) is 82.8. The highest BCUT2D eigenvalue weighted by atomic mass is 16.3. The summed E-state index contributed by atoms with van der Waals surface area (Å²) in [5, 5.41) is 101. The van der Waals surface area contributed by atoms with E-state index in [1.54, 1.807) is 12.2 Å². The summed E-state index contributed by atoms with van der Waals surface area (Å²) in [4.78, 5) is 63.0. The number of rotatable bonds is 8. The Labute approximate surface area is 679 Å². The number of aliphatic hydroxyl groups excluding tert-OH is 4. The number of ketones is 5. The van der Waals surface area contributed by atoms with Gasteiger partial charge in [0.2, 0.25) is 0 Å². The number of fused-ring (bicyclic) bond motifs is 22. The lowest BCUT2D eigenvalue weighted by atomic mass is 9.44. The van der Waals surface area contributed by atoms with Crippen LogP contribution in [0.5, 0.6) is 0 Å². The number of hydrogen-bond donors (Lipinski definition) is 8. The highest BCUT2D eigenvalue weighted by Crippen LogP contribution is 2.74. The highest BCUT2D eigenvalue weighted by molar-refractivity contribution is 6.01. The minimum atomic E-state index is -1.32. The summed E-state index contributed by atoms with van der Waals surface area (Å²) in [6.07, 6.45) is 31.3. The lowest BCUT2D eigenvalue weighted by Gasteiger charge is -2.62. The minimum Gasteiger partial charge on any atom is -0.393 e. The Hall–Kier alpha value is -5.11. The first kappa shape index (κ1) is 83.9. The molecular weight excluding hydrogens is 1430 g/mol. The molecule has 0 saturated heterocycles. The van der Waals surface area contributed by atoms with Crippen molar-refractivity contribution in [1.29, 1.82) is 0 Å². The van der Waals surface area contributed by atoms with Crippen molar-refractivity contribution in [2.24, 2.45) is 152 Å². The van der Waals surface area contributed by atoms with Gasteiger partial charge in [0.05, 0.1) is 42.0 Å². The van der Waals surface area contributed by atoms with E-state index in [0.29, 0.717) is 118 Å². The Morgan fingerprint density at radius 3 is 1.23 bits per heavy atom. The van der Waals surface area contributed by atoms with Crippen LogP contribution in [0.1, 0.15) is 275 Å². The molecule has 12 saturated carbocycles. The number of aromatic nitrogens is 4. The maximum atomic E-state index is 12.8. The van der Waals surface area contributed by atoms with Gasteiger partial charge in [0, 0.05) is 79.0 Å². The van der Waals surface area contributed by atoms with Crippen molar-refractivity contribution in [3.8, 4) is 0 Å². The fraction of sp³-hybridized carbons (Fsp3) is 0.763. The third kappa shape index (κ3) is 11.6. The molecule has 32 atom stereocenters. The lowest BCUT2D eigenvalue weighted by molar-refractivity contribution is -0.182. The Bertz CT molecular complexity index is 4410. The zero-order valence-electron chi connectivity index (χ0n) is 72.3. The molecule has 2 aromatic heterocycles. The van der Waals surface area contributed by atoms with Gasteiger partial charge in [-0.2, -0.15) is 10.2 Å². The van der Waals surface area contributed by atoms with Crippen LogP contribution in [0.25, 0.3) is 12.2 Å². The van der Waals surface area contributed by atoms with E-state index in [4.69, 9.17) is 0 Å². The van der Waals surface area contributed by atoms with Crippen molar-refractivity contribution < 1.29 is 64.8 Å². The average Bonchev–Trinajstić information content (AvgIpc) is 1.43. The van der Waals surface area contributed by atoms with Gasteiger partial charge < -0.3 is 40.9 Å². The van der Waals surface area contributed by atoms with E-state index in [2.05, 4.69) is 117 Å². The number of nitrogens with zero attached hydrogens (tertiary/aromatic N) is 4. The first-order valence-corrected chi connectivity index (χ1v) is 44.9. The molecule has 0 unspecified atom stereocenters. The van der Waals surface area contributed by atoms with Crippen LogP contribution in [0.3, 0.4) is 0 Å². The molecule has 0 bridgehead atoms. The van der Waals surface area contributed by atoms with Crippen LogP contribution in [-0.2, 0) is 50.9 Å². The van der Waals surface area contributed by atoms with Crippen molar-refractivity contribution in [2.45, 2.75) is 312 Å². The summed E-state index contributed by atoms with van der Waals surface area (Å²) in [6.45, 7) is 38.1. The van der Waals surface area contributed by atoms with Gasteiger partial charge in [0.15, 0.2) is 28.9 Å². The molecule has 18 rings (SSSR count). The third-order valence-electron chi connectivity index (χ3n) is 37.6. The number of hydrogen-bond acceptors (Lipinski definition) is 15. The molecule has 12 fully saturated rings. The molecule has 0 aromatic carbocycles. The molecule has 0 aliphatic heterocycles. The number of carbonyl (C=O) groups excluding carboxylic acids is 5. The molecular formula is C97H140N4O13. The molecule has 17 nitrogen and oxygen atoms in total. The van der Waals surface area contributed by atoms with E-state index in [9.17, 15) is 64.8 Å².